The minimum Gasteiger partial charge on any atom is -0.481 e. The lowest BCUT2D eigenvalue weighted by Gasteiger charge is -2.35. The van der Waals surface area contributed by atoms with Gasteiger partial charge in [0, 0.05) is 63.1 Å². The molecule has 0 saturated carbocycles. The first-order chi connectivity index (χ1) is 14.7. The van der Waals surface area contributed by atoms with Crippen LogP contribution in [-0.4, -0.2) is 65.1 Å². The van der Waals surface area contributed by atoms with Crippen molar-refractivity contribution in [2.24, 2.45) is 5.92 Å². The van der Waals surface area contributed by atoms with E-state index in [9.17, 15) is 4.79 Å². The molecule has 2 aromatic heterocycles. The summed E-state index contributed by atoms with van der Waals surface area (Å²) in [4.78, 5) is 30.5. The lowest BCUT2D eigenvalue weighted by Crippen LogP contribution is -2.48. The van der Waals surface area contributed by atoms with Gasteiger partial charge in [-0.15, -0.1) is 0 Å². The van der Waals surface area contributed by atoms with E-state index in [0.29, 0.717) is 11.8 Å². The SMILES string of the molecule is COc1ccnc(N2CCC(C(=O)NC3CCN(Cc4ccccn4)CC3)CC2)n1. The average Bonchev–Trinajstić information content (AvgIpc) is 2.81. The van der Waals surface area contributed by atoms with E-state index in [2.05, 4.69) is 36.1 Å². The first kappa shape index (κ1) is 20.5. The molecule has 0 radical (unpaired) electrons. The Hall–Kier alpha value is -2.74. The largest absolute Gasteiger partial charge is 0.481 e. The highest BCUT2D eigenvalue weighted by Crippen LogP contribution is 2.23. The van der Waals surface area contributed by atoms with Crippen LogP contribution in [0.4, 0.5) is 5.95 Å². The molecule has 2 fully saturated rings. The number of rotatable bonds is 6. The Bertz CT molecular complexity index is 817. The zero-order valence-electron chi connectivity index (χ0n) is 17.5. The zero-order valence-corrected chi connectivity index (χ0v) is 17.5. The number of pyridine rings is 1. The highest BCUT2D eigenvalue weighted by Gasteiger charge is 2.29. The molecule has 2 aliphatic rings. The fourth-order valence-corrected chi connectivity index (χ4v) is 4.22. The van der Waals surface area contributed by atoms with Crippen molar-refractivity contribution in [3.63, 3.8) is 0 Å². The summed E-state index contributed by atoms with van der Waals surface area (Å²) in [6, 6.07) is 8.06. The van der Waals surface area contributed by atoms with Crippen LogP contribution in [0.5, 0.6) is 5.88 Å². The second-order valence-electron chi connectivity index (χ2n) is 8.04. The van der Waals surface area contributed by atoms with Crippen molar-refractivity contribution in [3.8, 4) is 5.88 Å². The Morgan fingerprint density at radius 2 is 1.87 bits per heavy atom. The molecule has 2 aromatic rings. The number of hydrogen-bond acceptors (Lipinski definition) is 7. The van der Waals surface area contributed by atoms with Crippen LogP contribution in [0.2, 0.25) is 0 Å². The number of anilines is 1. The number of carbonyl (C=O) groups is 1. The second kappa shape index (κ2) is 9.84. The molecule has 8 nitrogen and oxygen atoms in total. The minimum absolute atomic E-state index is 0.0680. The molecule has 4 heterocycles. The van der Waals surface area contributed by atoms with Gasteiger partial charge in [-0.2, -0.15) is 4.98 Å². The van der Waals surface area contributed by atoms with Gasteiger partial charge in [-0.25, -0.2) is 4.98 Å². The summed E-state index contributed by atoms with van der Waals surface area (Å²) < 4.78 is 5.18. The number of amides is 1. The minimum atomic E-state index is 0.0680. The van der Waals surface area contributed by atoms with Gasteiger partial charge in [0.15, 0.2) is 0 Å². The van der Waals surface area contributed by atoms with Crippen LogP contribution >= 0.6 is 0 Å². The number of nitrogens with one attached hydrogen (secondary N) is 1. The zero-order chi connectivity index (χ0) is 20.8. The third kappa shape index (κ3) is 5.24. The number of carbonyl (C=O) groups excluding carboxylic acids is 1. The van der Waals surface area contributed by atoms with Gasteiger partial charge in [-0.05, 0) is 37.8 Å². The topological polar surface area (TPSA) is 83.5 Å². The maximum atomic E-state index is 12.8. The number of ether oxygens (including phenoxy) is 1. The average molecular weight is 411 g/mol. The smallest absolute Gasteiger partial charge is 0.228 e. The van der Waals surface area contributed by atoms with Crippen LogP contribution in [-0.2, 0) is 11.3 Å². The van der Waals surface area contributed by atoms with E-state index in [4.69, 9.17) is 4.74 Å². The van der Waals surface area contributed by atoms with E-state index in [-0.39, 0.29) is 17.9 Å². The first-order valence-electron chi connectivity index (χ1n) is 10.8. The third-order valence-electron chi connectivity index (χ3n) is 6.02. The Morgan fingerprint density at radius 1 is 1.07 bits per heavy atom. The van der Waals surface area contributed by atoms with Crippen molar-refractivity contribution < 1.29 is 9.53 Å². The van der Waals surface area contributed by atoms with Gasteiger partial charge in [0.1, 0.15) is 0 Å². The summed E-state index contributed by atoms with van der Waals surface area (Å²) >= 11 is 0. The molecule has 2 aliphatic heterocycles. The van der Waals surface area contributed by atoms with Gasteiger partial charge in [-0.3, -0.25) is 14.7 Å². The van der Waals surface area contributed by atoms with Crippen LogP contribution in [0.25, 0.3) is 0 Å². The molecule has 0 spiro atoms. The van der Waals surface area contributed by atoms with Crippen LogP contribution in [0.3, 0.4) is 0 Å². The number of aromatic nitrogens is 3. The van der Waals surface area contributed by atoms with Gasteiger partial charge < -0.3 is 15.0 Å². The number of piperidine rings is 2. The van der Waals surface area contributed by atoms with Crippen LogP contribution in [0.15, 0.2) is 36.7 Å². The molecule has 0 aliphatic carbocycles. The predicted molar refractivity (Wildman–Crippen MR) is 114 cm³/mol. The number of nitrogens with zero attached hydrogens (tertiary/aromatic N) is 5. The third-order valence-corrected chi connectivity index (χ3v) is 6.02. The lowest BCUT2D eigenvalue weighted by atomic mass is 9.95. The van der Waals surface area contributed by atoms with E-state index in [1.165, 1.54) is 0 Å². The van der Waals surface area contributed by atoms with Crippen LogP contribution in [0, 0.1) is 5.92 Å². The molecule has 1 N–H and O–H groups in total. The molecule has 0 aromatic carbocycles. The van der Waals surface area contributed by atoms with Crippen molar-refractivity contribution in [2.75, 3.05) is 38.2 Å². The summed E-state index contributed by atoms with van der Waals surface area (Å²) in [5.41, 5.74) is 1.10. The van der Waals surface area contributed by atoms with E-state index < -0.39 is 0 Å². The Labute approximate surface area is 177 Å². The molecular formula is C22H30N6O2. The standard InChI is InChI=1S/C22H30N6O2/c1-30-20-5-11-24-22(26-20)28-14-6-17(7-15-28)21(29)25-18-8-12-27(13-9-18)16-19-4-2-3-10-23-19/h2-5,10-11,17-18H,6-9,12-16H2,1H3,(H,25,29). The number of hydrogen-bond donors (Lipinski definition) is 1. The fourth-order valence-electron chi connectivity index (χ4n) is 4.22. The van der Waals surface area contributed by atoms with E-state index in [0.717, 1.165) is 64.1 Å². The normalized spacial score (nSPS) is 18.9. The maximum Gasteiger partial charge on any atom is 0.228 e. The highest BCUT2D eigenvalue weighted by atomic mass is 16.5. The Balaban J connectivity index is 1.20. The van der Waals surface area contributed by atoms with E-state index in [1.807, 2.05) is 18.3 Å². The molecule has 0 unspecified atom stereocenters. The molecule has 0 bridgehead atoms. The molecular weight excluding hydrogens is 380 g/mol. The monoisotopic (exact) mass is 410 g/mol. The molecule has 160 valence electrons. The molecule has 30 heavy (non-hydrogen) atoms. The van der Waals surface area contributed by atoms with Gasteiger partial charge in [0.2, 0.25) is 17.7 Å². The van der Waals surface area contributed by atoms with Gasteiger partial charge in [0.05, 0.1) is 12.8 Å². The fraction of sp³-hybridized carbons (Fsp3) is 0.545. The number of methoxy groups -OCH3 is 1. The van der Waals surface area contributed by atoms with Crippen molar-refractivity contribution >= 4 is 11.9 Å². The predicted octanol–water partition coefficient (Wildman–Crippen LogP) is 1.88. The van der Waals surface area contributed by atoms with Crippen molar-refractivity contribution in [3.05, 3.63) is 42.4 Å². The van der Waals surface area contributed by atoms with Gasteiger partial charge >= 0.3 is 0 Å². The quantitative estimate of drug-likeness (QED) is 0.778. The molecule has 2 saturated heterocycles. The summed E-state index contributed by atoms with van der Waals surface area (Å²) in [6.07, 6.45) is 7.19. The molecule has 4 rings (SSSR count). The summed E-state index contributed by atoms with van der Waals surface area (Å²) in [5.74, 6) is 1.51. The lowest BCUT2D eigenvalue weighted by molar-refractivity contribution is -0.126. The van der Waals surface area contributed by atoms with Crippen molar-refractivity contribution in [1.82, 2.24) is 25.2 Å². The van der Waals surface area contributed by atoms with E-state index in [1.54, 1.807) is 19.4 Å². The highest BCUT2D eigenvalue weighted by molar-refractivity contribution is 5.79. The van der Waals surface area contributed by atoms with Gasteiger partial charge in [-0.1, -0.05) is 6.07 Å². The Kier molecular flexibility index (Phi) is 6.74. The first-order valence-corrected chi connectivity index (χ1v) is 10.8. The van der Waals surface area contributed by atoms with Gasteiger partial charge in [0.25, 0.3) is 0 Å². The molecule has 0 atom stereocenters. The van der Waals surface area contributed by atoms with Crippen LogP contribution < -0.4 is 15.0 Å². The maximum absolute atomic E-state index is 12.8. The summed E-state index contributed by atoms with van der Waals surface area (Å²) in [5, 5.41) is 3.29. The van der Waals surface area contributed by atoms with Crippen molar-refractivity contribution in [1.29, 1.82) is 0 Å². The van der Waals surface area contributed by atoms with E-state index >= 15 is 0 Å². The van der Waals surface area contributed by atoms with Crippen LogP contribution in [0.1, 0.15) is 31.4 Å². The second-order valence-corrected chi connectivity index (χ2v) is 8.04. The number of likely N-dealkylation sites (tertiary alicyclic amines) is 1. The van der Waals surface area contributed by atoms with Crippen molar-refractivity contribution in [2.45, 2.75) is 38.3 Å². The molecule has 8 heteroatoms. The summed E-state index contributed by atoms with van der Waals surface area (Å²) in [7, 11) is 1.60. The molecule has 1 amide bonds. The Morgan fingerprint density at radius 3 is 2.57 bits per heavy atom. The summed E-state index contributed by atoms with van der Waals surface area (Å²) in [6.45, 7) is 4.44.